The predicted molar refractivity (Wildman–Crippen MR) is 69.9 cm³/mol. The molecule has 96 valence electrons. The number of aliphatic hydroxyl groups excluding tert-OH is 2. The van der Waals surface area contributed by atoms with Crippen LogP contribution in [-0.2, 0) is 5.41 Å². The van der Waals surface area contributed by atoms with Gasteiger partial charge in [-0.15, -0.1) is 0 Å². The number of thioether (sulfide) groups is 1. The summed E-state index contributed by atoms with van der Waals surface area (Å²) >= 11 is 1.72. The molecule has 0 saturated carbocycles. The highest BCUT2D eigenvalue weighted by Crippen LogP contribution is 2.29. The maximum absolute atomic E-state index is 13.2. The molecule has 1 aromatic carbocycles. The fourth-order valence-corrected chi connectivity index (χ4v) is 2.34. The van der Waals surface area contributed by atoms with Gasteiger partial charge < -0.3 is 10.2 Å². The third kappa shape index (κ3) is 3.69. The van der Waals surface area contributed by atoms with Gasteiger partial charge in [-0.05, 0) is 42.5 Å². The van der Waals surface area contributed by atoms with Crippen LogP contribution in [0.2, 0.25) is 0 Å². The topological polar surface area (TPSA) is 40.5 Å². The largest absolute Gasteiger partial charge is 0.395 e. The molecule has 2 nitrogen and oxygen atoms in total. The van der Waals surface area contributed by atoms with Gasteiger partial charge in [-0.2, -0.15) is 11.8 Å². The Kier molecular flexibility index (Phi) is 5.95. The molecule has 1 aromatic rings. The van der Waals surface area contributed by atoms with Gasteiger partial charge in [0.15, 0.2) is 0 Å². The average Bonchev–Trinajstić information content (AvgIpc) is 2.35. The van der Waals surface area contributed by atoms with Gasteiger partial charge in [-0.3, -0.25) is 0 Å². The molecule has 0 atom stereocenters. The van der Waals surface area contributed by atoms with Gasteiger partial charge in [0, 0.05) is 5.41 Å². The lowest BCUT2D eigenvalue weighted by molar-refractivity contribution is 0.109. The first-order chi connectivity index (χ1) is 8.18. The molecular weight excluding hydrogens is 239 g/mol. The van der Waals surface area contributed by atoms with E-state index in [4.69, 9.17) is 0 Å². The van der Waals surface area contributed by atoms with E-state index in [0.29, 0.717) is 12.0 Å². The Bertz CT molecular complexity index is 340. The van der Waals surface area contributed by atoms with Crippen LogP contribution < -0.4 is 0 Å². The summed E-state index contributed by atoms with van der Waals surface area (Å²) < 4.78 is 13.2. The van der Waals surface area contributed by atoms with E-state index >= 15 is 0 Å². The van der Waals surface area contributed by atoms with Crippen LogP contribution in [0.1, 0.15) is 18.4 Å². The third-order valence-corrected chi connectivity index (χ3v) is 3.74. The van der Waals surface area contributed by atoms with Crippen molar-refractivity contribution in [2.45, 2.75) is 18.3 Å². The summed E-state index contributed by atoms with van der Waals surface area (Å²) in [4.78, 5) is 0. The van der Waals surface area contributed by atoms with Gasteiger partial charge >= 0.3 is 0 Å². The summed E-state index contributed by atoms with van der Waals surface area (Å²) in [6.45, 7) is -0.331. The molecule has 0 heterocycles. The van der Waals surface area contributed by atoms with E-state index in [0.717, 1.165) is 12.2 Å². The molecule has 0 aliphatic heterocycles. The molecule has 17 heavy (non-hydrogen) atoms. The fraction of sp³-hybridized carbons (Fsp3) is 0.538. The Morgan fingerprint density at radius 2 is 2.00 bits per heavy atom. The standard InChI is InChI=1S/C13H19FO2S/c1-17-7-3-6-13(9-15,10-16)11-4-2-5-12(14)8-11/h2,4-5,8,15-16H,3,6-7,9-10H2,1H3. The lowest BCUT2D eigenvalue weighted by Gasteiger charge is -2.30. The number of hydrogen-bond acceptors (Lipinski definition) is 3. The van der Waals surface area contributed by atoms with E-state index in [1.807, 2.05) is 6.26 Å². The first-order valence-corrected chi connectivity index (χ1v) is 7.04. The van der Waals surface area contributed by atoms with E-state index in [-0.39, 0.29) is 19.0 Å². The van der Waals surface area contributed by atoms with Crippen LogP contribution in [0, 0.1) is 5.82 Å². The zero-order chi connectivity index (χ0) is 12.7. The summed E-state index contributed by atoms with van der Waals surface area (Å²) in [5.41, 5.74) is -0.0544. The zero-order valence-corrected chi connectivity index (χ0v) is 10.8. The van der Waals surface area contributed by atoms with Crippen molar-refractivity contribution in [3.8, 4) is 0 Å². The molecule has 0 fully saturated rings. The van der Waals surface area contributed by atoms with Gasteiger partial charge in [0.25, 0.3) is 0 Å². The Labute approximate surface area is 106 Å². The van der Waals surface area contributed by atoms with Gasteiger partial charge in [-0.1, -0.05) is 12.1 Å². The van der Waals surface area contributed by atoms with Crippen LogP contribution in [-0.4, -0.2) is 35.4 Å². The number of halogens is 1. The molecule has 0 aliphatic rings. The molecule has 4 heteroatoms. The highest BCUT2D eigenvalue weighted by molar-refractivity contribution is 7.98. The molecule has 2 N–H and O–H groups in total. The molecule has 0 aliphatic carbocycles. The van der Waals surface area contributed by atoms with Crippen molar-refractivity contribution in [2.24, 2.45) is 0 Å². The summed E-state index contributed by atoms with van der Waals surface area (Å²) in [5, 5.41) is 19.1. The number of rotatable bonds is 7. The second-order valence-corrected chi connectivity index (χ2v) is 5.19. The summed E-state index contributed by atoms with van der Waals surface area (Å²) in [7, 11) is 0. The molecule has 0 amide bonds. The lowest BCUT2D eigenvalue weighted by atomic mass is 9.78. The lowest BCUT2D eigenvalue weighted by Crippen LogP contribution is -2.35. The zero-order valence-electron chi connectivity index (χ0n) is 10.0. The van der Waals surface area contributed by atoms with Gasteiger partial charge in [0.1, 0.15) is 5.82 Å². The number of aliphatic hydroxyl groups is 2. The quantitative estimate of drug-likeness (QED) is 0.737. The van der Waals surface area contributed by atoms with E-state index in [1.54, 1.807) is 23.9 Å². The van der Waals surface area contributed by atoms with Crippen molar-refractivity contribution in [2.75, 3.05) is 25.2 Å². The predicted octanol–water partition coefficient (Wildman–Crippen LogP) is 2.19. The Hall–Kier alpha value is -0.580. The first kappa shape index (κ1) is 14.5. The summed E-state index contributed by atoms with van der Waals surface area (Å²) in [6.07, 6.45) is 3.56. The first-order valence-electron chi connectivity index (χ1n) is 5.65. The van der Waals surface area contributed by atoms with Gasteiger partial charge in [0.05, 0.1) is 13.2 Å². The molecule has 0 spiro atoms. The molecule has 0 unspecified atom stereocenters. The monoisotopic (exact) mass is 258 g/mol. The van der Waals surface area contributed by atoms with Crippen LogP contribution >= 0.6 is 11.8 Å². The smallest absolute Gasteiger partial charge is 0.123 e. The van der Waals surface area contributed by atoms with Gasteiger partial charge in [0.2, 0.25) is 0 Å². The van der Waals surface area contributed by atoms with Crippen LogP contribution in [0.3, 0.4) is 0 Å². The van der Waals surface area contributed by atoms with Gasteiger partial charge in [-0.25, -0.2) is 4.39 Å². The third-order valence-electron chi connectivity index (χ3n) is 3.05. The highest BCUT2D eigenvalue weighted by Gasteiger charge is 2.30. The Morgan fingerprint density at radius 1 is 1.29 bits per heavy atom. The molecule has 0 bridgehead atoms. The van der Waals surface area contributed by atoms with Crippen LogP contribution in [0.4, 0.5) is 4.39 Å². The molecule has 0 saturated heterocycles. The minimum Gasteiger partial charge on any atom is -0.395 e. The fourth-order valence-electron chi connectivity index (χ4n) is 1.91. The van der Waals surface area contributed by atoms with Crippen molar-refractivity contribution >= 4 is 11.8 Å². The van der Waals surface area contributed by atoms with E-state index in [9.17, 15) is 14.6 Å². The SMILES string of the molecule is CSCCCC(CO)(CO)c1cccc(F)c1. The Balaban J connectivity index is 2.89. The average molecular weight is 258 g/mol. The summed E-state index contributed by atoms with van der Waals surface area (Å²) in [6, 6.07) is 6.13. The number of hydrogen-bond donors (Lipinski definition) is 2. The highest BCUT2D eigenvalue weighted by atomic mass is 32.2. The molecule has 1 rings (SSSR count). The molecular formula is C13H19FO2S. The maximum atomic E-state index is 13.2. The second-order valence-electron chi connectivity index (χ2n) is 4.20. The van der Waals surface area contributed by atoms with Crippen molar-refractivity contribution in [3.63, 3.8) is 0 Å². The van der Waals surface area contributed by atoms with Crippen molar-refractivity contribution in [1.82, 2.24) is 0 Å². The van der Waals surface area contributed by atoms with Crippen molar-refractivity contribution < 1.29 is 14.6 Å². The van der Waals surface area contributed by atoms with Crippen molar-refractivity contribution in [3.05, 3.63) is 35.6 Å². The summed E-state index contributed by atoms with van der Waals surface area (Å²) in [5.74, 6) is 0.635. The van der Waals surface area contributed by atoms with E-state index in [1.165, 1.54) is 12.1 Å². The second kappa shape index (κ2) is 6.99. The Morgan fingerprint density at radius 3 is 2.53 bits per heavy atom. The van der Waals surface area contributed by atoms with E-state index in [2.05, 4.69) is 0 Å². The number of benzene rings is 1. The van der Waals surface area contributed by atoms with Crippen molar-refractivity contribution in [1.29, 1.82) is 0 Å². The molecule has 0 radical (unpaired) electrons. The van der Waals surface area contributed by atoms with Crippen LogP contribution in [0.5, 0.6) is 0 Å². The normalized spacial score (nSPS) is 11.8. The minimum absolute atomic E-state index is 0.165. The maximum Gasteiger partial charge on any atom is 0.123 e. The molecule has 0 aromatic heterocycles. The minimum atomic E-state index is -0.724. The van der Waals surface area contributed by atoms with Crippen LogP contribution in [0.25, 0.3) is 0 Å². The van der Waals surface area contributed by atoms with E-state index < -0.39 is 5.41 Å². The van der Waals surface area contributed by atoms with Crippen LogP contribution in [0.15, 0.2) is 24.3 Å².